The fourth-order valence-electron chi connectivity index (χ4n) is 1.52. The zero-order valence-electron chi connectivity index (χ0n) is 9.52. The number of rotatable bonds is 3. The zero-order chi connectivity index (χ0) is 13.2. The minimum Gasteiger partial charge on any atom is -0.419 e. The van der Waals surface area contributed by atoms with E-state index in [0.29, 0.717) is 34.4 Å². The summed E-state index contributed by atoms with van der Waals surface area (Å²) in [5.74, 6) is 0.726. The van der Waals surface area contributed by atoms with Crippen LogP contribution in [0.2, 0.25) is 5.02 Å². The molecule has 3 aromatic rings. The number of carbonyl (C=O) groups is 1. The number of pyridine rings is 1. The number of nitrogens with zero attached hydrogens (tertiary/aromatic N) is 4. The molecule has 7 heteroatoms. The van der Waals surface area contributed by atoms with E-state index in [-0.39, 0.29) is 0 Å². The van der Waals surface area contributed by atoms with Gasteiger partial charge in [0.25, 0.3) is 0 Å². The van der Waals surface area contributed by atoms with Gasteiger partial charge in [-0.3, -0.25) is 4.79 Å². The minimum atomic E-state index is 0.314. The minimum absolute atomic E-state index is 0.314. The Kier molecular flexibility index (Phi) is 2.85. The van der Waals surface area contributed by atoms with Crippen molar-refractivity contribution in [1.29, 1.82) is 0 Å². The molecule has 6 nitrogen and oxygen atoms in total. The Labute approximate surface area is 112 Å². The number of hydrogen-bond acceptors (Lipinski definition) is 5. The number of carbonyl (C=O) groups excluding carboxylic acids is 1. The predicted molar refractivity (Wildman–Crippen MR) is 67.7 cm³/mol. The molecule has 0 N–H and O–H groups in total. The van der Waals surface area contributed by atoms with Crippen molar-refractivity contribution >= 4 is 23.5 Å². The van der Waals surface area contributed by atoms with Gasteiger partial charge in [0.1, 0.15) is 5.69 Å². The van der Waals surface area contributed by atoms with Gasteiger partial charge in [0, 0.05) is 18.3 Å². The van der Waals surface area contributed by atoms with Crippen molar-refractivity contribution < 1.29 is 9.53 Å². The van der Waals surface area contributed by atoms with Crippen molar-refractivity contribution in [3.05, 3.63) is 47.4 Å². The second-order valence-corrected chi connectivity index (χ2v) is 4.11. The second-order valence-electron chi connectivity index (χ2n) is 3.67. The summed E-state index contributed by atoms with van der Waals surface area (Å²) in [6, 6.07) is 6.65. The fourth-order valence-corrected chi connectivity index (χ4v) is 1.64. The molecule has 0 aliphatic heterocycles. The van der Waals surface area contributed by atoms with Crippen molar-refractivity contribution in [3.63, 3.8) is 0 Å². The molecule has 0 bridgehead atoms. The molecule has 0 aromatic carbocycles. The largest absolute Gasteiger partial charge is 0.419 e. The first-order valence-electron chi connectivity index (χ1n) is 5.35. The van der Waals surface area contributed by atoms with Crippen LogP contribution in [0, 0.1) is 0 Å². The molecule has 0 aliphatic carbocycles. The van der Waals surface area contributed by atoms with Crippen LogP contribution < -0.4 is 4.74 Å². The zero-order valence-corrected chi connectivity index (χ0v) is 10.3. The summed E-state index contributed by atoms with van der Waals surface area (Å²) < 4.78 is 6.93. The Morgan fingerprint density at radius 3 is 2.79 bits per heavy atom. The Bertz CT molecular complexity index is 739. The Morgan fingerprint density at radius 1 is 1.21 bits per heavy atom. The first-order chi connectivity index (χ1) is 9.24. The molecule has 3 rings (SSSR count). The molecular weight excluding hydrogens is 268 g/mol. The van der Waals surface area contributed by atoms with Crippen molar-refractivity contribution in [2.45, 2.75) is 0 Å². The normalized spacial score (nSPS) is 10.6. The van der Waals surface area contributed by atoms with Crippen LogP contribution in [0.1, 0.15) is 10.5 Å². The van der Waals surface area contributed by atoms with Gasteiger partial charge in [-0.05, 0) is 12.1 Å². The lowest BCUT2D eigenvalue weighted by atomic mass is 10.5. The van der Waals surface area contributed by atoms with Gasteiger partial charge in [0.15, 0.2) is 11.9 Å². The highest BCUT2D eigenvalue weighted by Gasteiger charge is 2.05. The van der Waals surface area contributed by atoms with E-state index in [1.165, 1.54) is 16.9 Å². The number of hydrogen-bond donors (Lipinski definition) is 0. The van der Waals surface area contributed by atoms with Gasteiger partial charge in [-0.1, -0.05) is 11.6 Å². The van der Waals surface area contributed by atoms with Gasteiger partial charge < -0.3 is 4.74 Å². The van der Waals surface area contributed by atoms with E-state index in [1.807, 2.05) is 0 Å². The summed E-state index contributed by atoms with van der Waals surface area (Å²) in [6.45, 7) is 0. The lowest BCUT2D eigenvalue weighted by Gasteiger charge is -2.03. The highest BCUT2D eigenvalue weighted by Crippen LogP contribution is 2.18. The SMILES string of the molecule is O=Cc1cn2nc(Oc3ccc(Cl)cn3)ccc2n1. The van der Waals surface area contributed by atoms with Crippen LogP contribution in [0.3, 0.4) is 0 Å². The van der Waals surface area contributed by atoms with Crippen LogP contribution in [0.4, 0.5) is 0 Å². The van der Waals surface area contributed by atoms with Crippen molar-refractivity contribution in [2.75, 3.05) is 0 Å². The van der Waals surface area contributed by atoms with Crippen LogP contribution in [-0.2, 0) is 0 Å². The summed E-state index contributed by atoms with van der Waals surface area (Å²) >= 11 is 5.73. The van der Waals surface area contributed by atoms with Crippen LogP contribution in [0.25, 0.3) is 5.65 Å². The van der Waals surface area contributed by atoms with E-state index < -0.39 is 0 Å². The molecule has 19 heavy (non-hydrogen) atoms. The molecule has 0 saturated heterocycles. The molecule has 0 atom stereocenters. The summed E-state index contributed by atoms with van der Waals surface area (Å²) in [5, 5.41) is 4.69. The topological polar surface area (TPSA) is 69.4 Å². The van der Waals surface area contributed by atoms with E-state index >= 15 is 0 Å². The molecular formula is C12H7ClN4O2. The lowest BCUT2D eigenvalue weighted by Crippen LogP contribution is -1.95. The molecule has 0 unspecified atom stereocenters. The maximum Gasteiger partial charge on any atom is 0.239 e. The Morgan fingerprint density at radius 2 is 2.05 bits per heavy atom. The highest BCUT2D eigenvalue weighted by atomic mass is 35.5. The van der Waals surface area contributed by atoms with Crippen LogP contribution >= 0.6 is 11.6 Å². The third kappa shape index (κ3) is 2.38. The predicted octanol–water partition coefficient (Wildman–Crippen LogP) is 2.38. The molecule has 94 valence electrons. The van der Waals surface area contributed by atoms with Gasteiger partial charge in [-0.25, -0.2) is 14.5 Å². The highest BCUT2D eigenvalue weighted by molar-refractivity contribution is 6.30. The monoisotopic (exact) mass is 274 g/mol. The summed E-state index contributed by atoms with van der Waals surface area (Å²) in [6.07, 6.45) is 3.66. The van der Waals surface area contributed by atoms with E-state index in [9.17, 15) is 4.79 Å². The maximum atomic E-state index is 10.6. The number of ether oxygens (including phenoxy) is 1. The van der Waals surface area contributed by atoms with E-state index in [0.717, 1.165) is 0 Å². The maximum absolute atomic E-state index is 10.6. The van der Waals surface area contributed by atoms with Crippen LogP contribution in [0.5, 0.6) is 11.8 Å². The van der Waals surface area contributed by atoms with E-state index in [1.54, 1.807) is 24.3 Å². The van der Waals surface area contributed by atoms with Crippen molar-refractivity contribution in [1.82, 2.24) is 19.6 Å². The molecule has 3 heterocycles. The second kappa shape index (κ2) is 4.66. The van der Waals surface area contributed by atoms with E-state index in [4.69, 9.17) is 16.3 Å². The summed E-state index contributed by atoms with van der Waals surface area (Å²) in [7, 11) is 0. The summed E-state index contributed by atoms with van der Waals surface area (Å²) in [4.78, 5) is 18.7. The third-order valence-corrected chi connectivity index (χ3v) is 2.57. The summed E-state index contributed by atoms with van der Waals surface area (Å²) in [5.41, 5.74) is 0.882. The third-order valence-electron chi connectivity index (χ3n) is 2.34. The number of halogens is 1. The average Bonchev–Trinajstić information content (AvgIpc) is 2.83. The quantitative estimate of drug-likeness (QED) is 0.686. The molecule has 0 aliphatic rings. The van der Waals surface area contributed by atoms with E-state index in [2.05, 4.69) is 15.1 Å². The first-order valence-corrected chi connectivity index (χ1v) is 5.73. The van der Waals surface area contributed by atoms with Crippen molar-refractivity contribution in [3.8, 4) is 11.8 Å². The van der Waals surface area contributed by atoms with Gasteiger partial charge in [0.2, 0.25) is 11.8 Å². The Balaban J connectivity index is 1.92. The number of fused-ring (bicyclic) bond motifs is 1. The Hall–Kier alpha value is -2.47. The van der Waals surface area contributed by atoms with Gasteiger partial charge in [-0.2, -0.15) is 0 Å². The van der Waals surface area contributed by atoms with Crippen molar-refractivity contribution in [2.24, 2.45) is 0 Å². The van der Waals surface area contributed by atoms with Gasteiger partial charge in [0.05, 0.1) is 11.2 Å². The molecule has 0 saturated carbocycles. The standard InChI is InChI=1S/C12H7ClN4O2/c13-8-1-3-11(14-5-8)19-12-4-2-10-15-9(7-18)6-17(10)16-12/h1-7H. The first kappa shape index (κ1) is 11.6. The molecule has 0 fully saturated rings. The fraction of sp³-hybridized carbons (Fsp3) is 0. The van der Waals surface area contributed by atoms with Gasteiger partial charge in [-0.15, -0.1) is 5.10 Å². The van der Waals surface area contributed by atoms with Crippen LogP contribution in [-0.4, -0.2) is 25.9 Å². The number of aromatic nitrogens is 4. The average molecular weight is 275 g/mol. The number of imidazole rings is 1. The molecule has 0 spiro atoms. The smallest absolute Gasteiger partial charge is 0.239 e. The number of aldehydes is 1. The van der Waals surface area contributed by atoms with Gasteiger partial charge >= 0.3 is 0 Å². The van der Waals surface area contributed by atoms with Crippen LogP contribution in [0.15, 0.2) is 36.7 Å². The molecule has 0 radical (unpaired) electrons. The lowest BCUT2D eigenvalue weighted by molar-refractivity contribution is 0.111. The molecule has 0 amide bonds. The molecule has 3 aromatic heterocycles.